The number of halogens is 1. The number of H-pyrrole nitrogens is 1. The summed E-state index contributed by atoms with van der Waals surface area (Å²) in [4.78, 5) is 32.2. The normalized spacial score (nSPS) is 11.0. The number of carbonyl (C=O) groups excluding carboxylic acids is 1. The van der Waals surface area contributed by atoms with E-state index in [2.05, 4.69) is 15.3 Å². The number of hydrogen-bond donors (Lipinski definition) is 3. The van der Waals surface area contributed by atoms with Crippen molar-refractivity contribution in [3.8, 4) is 5.75 Å². The Morgan fingerprint density at radius 1 is 1.13 bits per heavy atom. The number of nitrogens with zero attached hydrogens (tertiary/aromatic N) is 2. The van der Waals surface area contributed by atoms with Gasteiger partial charge in [0.25, 0.3) is 11.5 Å². The second kappa shape index (κ2) is 7.82. The number of aromatic amines is 1. The highest BCUT2D eigenvalue weighted by molar-refractivity contribution is 5.94. The van der Waals surface area contributed by atoms with Gasteiger partial charge in [-0.3, -0.25) is 14.2 Å². The van der Waals surface area contributed by atoms with E-state index < -0.39 is 11.5 Å². The second-order valence-electron chi connectivity index (χ2n) is 6.95. The van der Waals surface area contributed by atoms with Crippen LogP contribution >= 0.6 is 0 Å². The summed E-state index contributed by atoms with van der Waals surface area (Å²) in [6, 6.07) is 15.1. The maximum atomic E-state index is 13.1. The van der Waals surface area contributed by atoms with Crippen molar-refractivity contribution in [2.45, 2.75) is 13.0 Å². The number of aryl methyl sites for hydroxylation is 1. The first-order valence-corrected chi connectivity index (χ1v) is 9.31. The number of aromatic nitrogens is 3. The molecule has 30 heavy (non-hydrogen) atoms. The molecule has 0 unspecified atom stereocenters. The van der Waals surface area contributed by atoms with Crippen LogP contribution in [-0.2, 0) is 20.0 Å². The highest BCUT2D eigenvalue weighted by Crippen LogP contribution is 2.26. The molecule has 3 N–H and O–H groups in total. The van der Waals surface area contributed by atoms with Crippen molar-refractivity contribution in [3.63, 3.8) is 0 Å². The van der Waals surface area contributed by atoms with Gasteiger partial charge in [0, 0.05) is 20.0 Å². The van der Waals surface area contributed by atoms with Crippen LogP contribution < -0.4 is 10.9 Å². The van der Waals surface area contributed by atoms with Crippen molar-refractivity contribution in [3.05, 3.63) is 93.3 Å². The number of fused-ring (bicyclic) bond motifs is 1. The Balaban J connectivity index is 1.66. The average Bonchev–Trinajstić information content (AvgIpc) is 3.21. The molecule has 7 nitrogen and oxygen atoms in total. The predicted octanol–water partition coefficient (Wildman–Crippen LogP) is 2.63. The Hall–Kier alpha value is -3.94. The molecule has 0 aliphatic heterocycles. The molecule has 0 saturated heterocycles. The van der Waals surface area contributed by atoms with Gasteiger partial charge >= 0.3 is 0 Å². The van der Waals surface area contributed by atoms with Gasteiger partial charge in [-0.2, -0.15) is 0 Å². The summed E-state index contributed by atoms with van der Waals surface area (Å²) in [5.41, 5.74) is 1.66. The van der Waals surface area contributed by atoms with Gasteiger partial charge in [-0.25, -0.2) is 9.37 Å². The number of hydrogen-bond acceptors (Lipinski definition) is 4. The Kier molecular flexibility index (Phi) is 5.05. The SMILES string of the molecule is Cn1c(=O)c(Cc2ccc(F)cc2)c(O)c2[nH]c(C(=O)NCc3ccccc3)nc21. The molecule has 0 bridgehead atoms. The van der Waals surface area contributed by atoms with E-state index in [0.29, 0.717) is 12.1 Å². The van der Waals surface area contributed by atoms with E-state index >= 15 is 0 Å². The lowest BCUT2D eigenvalue weighted by Crippen LogP contribution is -2.24. The maximum Gasteiger partial charge on any atom is 0.287 e. The van der Waals surface area contributed by atoms with Crippen molar-refractivity contribution in [2.24, 2.45) is 7.05 Å². The molecule has 8 heteroatoms. The summed E-state index contributed by atoms with van der Waals surface area (Å²) in [7, 11) is 1.52. The lowest BCUT2D eigenvalue weighted by Gasteiger charge is -2.08. The molecule has 2 heterocycles. The minimum Gasteiger partial charge on any atom is -0.505 e. The van der Waals surface area contributed by atoms with Crippen LogP contribution in [0.4, 0.5) is 4.39 Å². The highest BCUT2D eigenvalue weighted by Gasteiger charge is 2.21. The van der Waals surface area contributed by atoms with Gasteiger partial charge < -0.3 is 15.4 Å². The molecule has 0 aliphatic rings. The molecule has 0 radical (unpaired) electrons. The van der Waals surface area contributed by atoms with E-state index in [-0.39, 0.29) is 40.5 Å². The van der Waals surface area contributed by atoms with Gasteiger partial charge in [0.05, 0.1) is 5.56 Å². The van der Waals surface area contributed by atoms with Crippen LogP contribution in [0.15, 0.2) is 59.4 Å². The van der Waals surface area contributed by atoms with E-state index in [0.717, 1.165) is 5.56 Å². The average molecular weight is 406 g/mol. The van der Waals surface area contributed by atoms with Crippen molar-refractivity contribution >= 4 is 17.1 Å². The van der Waals surface area contributed by atoms with Crippen LogP contribution in [0.2, 0.25) is 0 Å². The fraction of sp³-hybridized carbons (Fsp3) is 0.136. The van der Waals surface area contributed by atoms with Crippen molar-refractivity contribution < 1.29 is 14.3 Å². The van der Waals surface area contributed by atoms with Gasteiger partial charge in [-0.1, -0.05) is 42.5 Å². The molecule has 0 atom stereocenters. The third kappa shape index (κ3) is 3.67. The lowest BCUT2D eigenvalue weighted by atomic mass is 10.1. The number of nitrogens with one attached hydrogen (secondary N) is 2. The van der Waals surface area contributed by atoms with E-state index in [1.165, 1.54) is 23.7 Å². The van der Waals surface area contributed by atoms with Crippen LogP contribution in [-0.4, -0.2) is 25.5 Å². The molecular weight excluding hydrogens is 387 g/mol. The number of benzene rings is 2. The number of rotatable bonds is 5. The van der Waals surface area contributed by atoms with E-state index in [4.69, 9.17) is 0 Å². The van der Waals surface area contributed by atoms with Gasteiger partial charge in [0.15, 0.2) is 17.2 Å². The summed E-state index contributed by atoms with van der Waals surface area (Å²) in [6.07, 6.45) is 0.114. The Morgan fingerprint density at radius 3 is 2.53 bits per heavy atom. The minimum absolute atomic E-state index is 0.00911. The number of carbonyl (C=O) groups is 1. The third-order valence-corrected chi connectivity index (χ3v) is 4.89. The minimum atomic E-state index is -0.456. The fourth-order valence-corrected chi connectivity index (χ4v) is 3.26. The zero-order valence-corrected chi connectivity index (χ0v) is 16.1. The summed E-state index contributed by atoms with van der Waals surface area (Å²) in [5, 5.41) is 13.4. The van der Waals surface area contributed by atoms with E-state index in [1.807, 2.05) is 30.3 Å². The Morgan fingerprint density at radius 2 is 1.83 bits per heavy atom. The zero-order valence-electron chi connectivity index (χ0n) is 16.1. The van der Waals surface area contributed by atoms with Crippen LogP contribution in [0.5, 0.6) is 5.75 Å². The lowest BCUT2D eigenvalue weighted by molar-refractivity contribution is 0.0941. The van der Waals surface area contributed by atoms with Crippen molar-refractivity contribution in [1.82, 2.24) is 19.9 Å². The van der Waals surface area contributed by atoms with Crippen LogP contribution in [0, 0.1) is 5.82 Å². The molecule has 4 aromatic rings. The topological polar surface area (TPSA) is 100 Å². The third-order valence-electron chi connectivity index (χ3n) is 4.89. The Bertz CT molecular complexity index is 1280. The summed E-state index contributed by atoms with van der Waals surface area (Å²) in [5.74, 6) is -1.12. The molecule has 0 fully saturated rings. The van der Waals surface area contributed by atoms with Crippen molar-refractivity contribution in [1.29, 1.82) is 0 Å². The Labute approximate surface area is 170 Å². The summed E-state index contributed by atoms with van der Waals surface area (Å²) < 4.78 is 14.4. The molecule has 152 valence electrons. The first-order chi connectivity index (χ1) is 14.4. The summed E-state index contributed by atoms with van der Waals surface area (Å²) in [6.45, 7) is 0.317. The molecule has 2 aromatic carbocycles. The standard InChI is InChI=1S/C22H19FN4O3/c1-27-20-17(18(28)16(22(27)30)11-13-7-9-15(23)10-8-13)25-19(26-20)21(29)24-12-14-5-3-2-4-6-14/h2-10,28H,11-12H2,1H3,(H,24,29)(H,25,26). The van der Waals surface area contributed by atoms with E-state index in [1.54, 1.807) is 12.1 Å². The molecule has 2 aromatic heterocycles. The first kappa shape index (κ1) is 19.4. The molecular formula is C22H19FN4O3. The smallest absolute Gasteiger partial charge is 0.287 e. The van der Waals surface area contributed by atoms with Gasteiger partial charge in [-0.15, -0.1) is 0 Å². The zero-order chi connectivity index (χ0) is 21.3. The molecule has 1 amide bonds. The fourth-order valence-electron chi connectivity index (χ4n) is 3.26. The van der Waals surface area contributed by atoms with Crippen molar-refractivity contribution in [2.75, 3.05) is 0 Å². The number of amides is 1. The van der Waals surface area contributed by atoms with Gasteiger partial charge in [0.2, 0.25) is 0 Å². The molecule has 0 aliphatic carbocycles. The number of imidazole rings is 1. The van der Waals surface area contributed by atoms with E-state index in [9.17, 15) is 19.1 Å². The quantitative estimate of drug-likeness (QED) is 0.474. The largest absolute Gasteiger partial charge is 0.505 e. The molecule has 0 saturated carbocycles. The van der Waals surface area contributed by atoms with Crippen LogP contribution in [0.3, 0.4) is 0 Å². The van der Waals surface area contributed by atoms with Gasteiger partial charge in [0.1, 0.15) is 11.3 Å². The number of pyridine rings is 1. The number of aromatic hydroxyl groups is 1. The monoisotopic (exact) mass is 406 g/mol. The molecule has 4 rings (SSSR count). The molecule has 0 spiro atoms. The van der Waals surface area contributed by atoms with Crippen LogP contribution in [0.1, 0.15) is 27.3 Å². The maximum absolute atomic E-state index is 13.1. The summed E-state index contributed by atoms with van der Waals surface area (Å²) >= 11 is 0. The second-order valence-corrected chi connectivity index (χ2v) is 6.95. The predicted molar refractivity (Wildman–Crippen MR) is 110 cm³/mol. The van der Waals surface area contributed by atoms with Gasteiger partial charge in [-0.05, 0) is 23.3 Å². The van der Waals surface area contributed by atoms with Crippen LogP contribution in [0.25, 0.3) is 11.2 Å². The first-order valence-electron chi connectivity index (χ1n) is 9.31. The highest BCUT2D eigenvalue weighted by atomic mass is 19.1.